The SMILES string of the molecule is CCC(=O)CCC(=O)C(=O)NC(C(=O)N[C@@H](C)C(=O)Nc1ccc(CNC(=O)C[C@@H]2NC(=O)C3CSc4[nH]c5ccccc5c4C[C@H](NC(=O)[C@H]([C@@H](C)[C@@H](O)CO)N[C@@]4(C=O)C[C@@H](O)CN4C2=O)C(=O)NCC(=O)N[C@@H]([C@@H](C)CC)C(=O)NCC(=O)N3)cc1)C(C)C. The van der Waals surface area contributed by atoms with Gasteiger partial charge in [0.1, 0.15) is 42.0 Å². The van der Waals surface area contributed by atoms with Crippen LogP contribution in [-0.4, -0.2) is 200 Å². The molecule has 500 valence electrons. The first-order valence-electron chi connectivity index (χ1n) is 30.4. The zero-order chi connectivity index (χ0) is 67.7. The number of rotatable bonds is 21. The molecule has 31 heteroatoms. The van der Waals surface area contributed by atoms with Crippen LogP contribution in [-0.2, 0) is 80.1 Å². The van der Waals surface area contributed by atoms with Crippen molar-refractivity contribution < 1.29 is 82.4 Å². The highest BCUT2D eigenvalue weighted by Gasteiger charge is 2.53. The van der Waals surface area contributed by atoms with Crippen LogP contribution in [0.2, 0.25) is 0 Å². The number of carbonyl (C=O) groups is 14. The molecule has 3 aliphatic heterocycles. The number of aldehydes is 1. The third kappa shape index (κ3) is 19.0. The maximum absolute atomic E-state index is 15.3. The number of thioether (sulfide) groups is 1. The van der Waals surface area contributed by atoms with Gasteiger partial charge in [-0.3, -0.25) is 72.4 Å². The van der Waals surface area contributed by atoms with Crippen LogP contribution in [0.15, 0.2) is 53.6 Å². The lowest BCUT2D eigenvalue weighted by atomic mass is 9.92. The van der Waals surface area contributed by atoms with E-state index in [2.05, 4.69) is 63.5 Å². The lowest BCUT2D eigenvalue weighted by Gasteiger charge is -2.41. The van der Waals surface area contributed by atoms with Gasteiger partial charge < -0.3 is 78.4 Å². The van der Waals surface area contributed by atoms with Gasteiger partial charge in [0.2, 0.25) is 64.9 Å². The Morgan fingerprint density at radius 1 is 0.783 bits per heavy atom. The van der Waals surface area contributed by atoms with E-state index in [-0.39, 0.29) is 55.7 Å². The molecule has 2 aromatic carbocycles. The molecule has 3 aromatic rings. The van der Waals surface area contributed by atoms with Gasteiger partial charge in [-0.25, -0.2) is 0 Å². The molecule has 2 bridgehead atoms. The van der Waals surface area contributed by atoms with Gasteiger partial charge in [0.15, 0.2) is 11.9 Å². The number of hydrogen-bond acceptors (Lipinski definition) is 19. The second-order valence-electron chi connectivity index (χ2n) is 23.6. The molecule has 15 N–H and O–H groups in total. The first-order valence-corrected chi connectivity index (χ1v) is 31.4. The molecular weight excluding hydrogens is 1220 g/mol. The van der Waals surface area contributed by atoms with Crippen LogP contribution in [0.25, 0.3) is 10.9 Å². The second-order valence-corrected chi connectivity index (χ2v) is 24.6. The molecule has 4 heterocycles. The number of carbonyl (C=O) groups excluding carboxylic acids is 14. The highest BCUT2D eigenvalue weighted by molar-refractivity contribution is 7.99. The first-order chi connectivity index (χ1) is 43.6. The Bertz CT molecular complexity index is 3270. The number of para-hydroxylation sites is 1. The summed E-state index contributed by atoms with van der Waals surface area (Å²) in [4.78, 5) is 196. The molecule has 0 aliphatic carbocycles. The quantitative estimate of drug-likeness (QED) is 0.0376. The number of H-pyrrole nitrogens is 1. The van der Waals surface area contributed by atoms with Gasteiger partial charge in [-0.1, -0.05) is 78.3 Å². The summed E-state index contributed by atoms with van der Waals surface area (Å²) in [6.45, 7) is 7.84. The summed E-state index contributed by atoms with van der Waals surface area (Å²) in [5.41, 5.74) is -0.719. The number of anilines is 1. The molecule has 92 heavy (non-hydrogen) atoms. The zero-order valence-electron chi connectivity index (χ0n) is 52.2. The number of aromatic amines is 1. The van der Waals surface area contributed by atoms with E-state index in [4.69, 9.17) is 0 Å². The molecule has 11 amide bonds. The summed E-state index contributed by atoms with van der Waals surface area (Å²) in [6.07, 6.45) is -4.63. The molecule has 12 atom stereocenters. The van der Waals surface area contributed by atoms with E-state index in [0.717, 1.165) is 16.7 Å². The first kappa shape index (κ1) is 72.4. The number of benzene rings is 2. The smallest absolute Gasteiger partial charge is 0.288 e. The highest BCUT2D eigenvalue weighted by Crippen LogP contribution is 2.33. The van der Waals surface area contributed by atoms with Gasteiger partial charge in [-0.05, 0) is 48.1 Å². The third-order valence-corrected chi connectivity index (χ3v) is 17.5. The van der Waals surface area contributed by atoms with Crippen molar-refractivity contribution in [3.63, 3.8) is 0 Å². The van der Waals surface area contributed by atoms with Crippen molar-refractivity contribution in [2.24, 2.45) is 17.8 Å². The minimum absolute atomic E-state index is 0.121. The number of nitrogens with zero attached hydrogens (tertiary/aromatic N) is 1. The van der Waals surface area contributed by atoms with Crippen molar-refractivity contribution in [1.82, 2.24) is 63.1 Å². The van der Waals surface area contributed by atoms with Gasteiger partial charge in [0.05, 0.1) is 49.4 Å². The number of fused-ring (bicyclic) bond motifs is 5. The molecule has 0 radical (unpaired) electrons. The summed E-state index contributed by atoms with van der Waals surface area (Å²) in [6, 6.07) is 2.42. The average Bonchev–Trinajstić information content (AvgIpc) is 1.59. The standard InChI is InChI=1S/C61H83N13O17S/c1-8-31(5)50-56(88)64-24-47(82)67-43-28-92-59-39(38-12-10-11-13-40(38)70-59)20-41(53(85)63-25-48(83)71-50)68-58(90)51(32(6)45(80)27-75)73-61(29-76)22-37(78)26-74(61)60(91)42(69-54(43)86)21-46(81)62-23-34-14-16-35(17-15-34)66-52(84)33(7)65-57(89)49(30(3)4)72-55(87)44(79)19-18-36(77)9-2/h10-17,29-33,37,41-43,45,49-51,70,73,75,78,80H,8-9,18-28H2,1-7H3,(H,62,81)(H,63,85)(H,64,88)(H,65,89)(H,66,84)(H,67,82)(H,68,90)(H,69,86)(H,71,83)(H,72,87)/t31-,32-,33-,37+,41-,42-,43?,45-,49?,50-,51-,61-/m0/s1. The fourth-order valence-corrected chi connectivity index (χ4v) is 11.7. The molecule has 1 saturated heterocycles. The molecule has 1 aromatic heterocycles. The van der Waals surface area contributed by atoms with Crippen LogP contribution in [0.5, 0.6) is 0 Å². The summed E-state index contributed by atoms with van der Waals surface area (Å²) >= 11 is 0.986. The van der Waals surface area contributed by atoms with Gasteiger partial charge in [0.25, 0.3) is 5.91 Å². The van der Waals surface area contributed by atoms with Crippen molar-refractivity contribution in [1.29, 1.82) is 0 Å². The second kappa shape index (κ2) is 33.1. The predicted octanol–water partition coefficient (Wildman–Crippen LogP) is -2.90. The minimum atomic E-state index is -2.37. The molecule has 30 nitrogen and oxygen atoms in total. The Labute approximate surface area is 534 Å². The van der Waals surface area contributed by atoms with E-state index in [1.54, 1.807) is 58.9 Å². The van der Waals surface area contributed by atoms with E-state index in [1.807, 2.05) is 0 Å². The number of aromatic nitrogens is 1. The Morgan fingerprint density at radius 3 is 2.11 bits per heavy atom. The number of aliphatic hydroxyl groups is 3. The maximum atomic E-state index is 15.3. The van der Waals surface area contributed by atoms with E-state index in [0.29, 0.717) is 33.5 Å². The van der Waals surface area contributed by atoms with Crippen LogP contribution >= 0.6 is 11.8 Å². The lowest BCUT2D eigenvalue weighted by Crippen LogP contribution is -2.69. The topological polar surface area (TPSA) is 451 Å². The van der Waals surface area contributed by atoms with Gasteiger partial charge in [-0.2, -0.15) is 0 Å². The number of ketones is 2. The van der Waals surface area contributed by atoms with Crippen LogP contribution in [0.3, 0.4) is 0 Å². The van der Waals surface area contributed by atoms with Crippen LogP contribution in [0.1, 0.15) is 98.1 Å². The van der Waals surface area contributed by atoms with Crippen LogP contribution in [0, 0.1) is 17.8 Å². The fraction of sp³-hybridized carbons (Fsp3) is 0.541. The number of hydrogen-bond donors (Lipinski definition) is 15. The molecule has 0 saturated carbocycles. The Hall–Kier alpha value is -8.65. The van der Waals surface area contributed by atoms with Crippen molar-refractivity contribution in [2.45, 2.75) is 165 Å². The van der Waals surface area contributed by atoms with E-state index in [1.165, 1.54) is 38.1 Å². The Morgan fingerprint density at radius 2 is 1.46 bits per heavy atom. The minimum Gasteiger partial charge on any atom is -0.394 e. The maximum Gasteiger partial charge on any atom is 0.288 e. The van der Waals surface area contributed by atoms with Crippen molar-refractivity contribution in [3.05, 3.63) is 59.7 Å². The van der Waals surface area contributed by atoms with Gasteiger partial charge in [-0.15, -0.1) is 11.8 Å². The summed E-state index contributed by atoms with van der Waals surface area (Å²) in [5.74, 6) is -13.8. The monoisotopic (exact) mass is 1300 g/mol. The number of amides is 11. The summed E-state index contributed by atoms with van der Waals surface area (Å²) in [5, 5.41) is 62.1. The van der Waals surface area contributed by atoms with E-state index >= 15 is 4.79 Å². The zero-order valence-corrected chi connectivity index (χ0v) is 53.0. The number of nitrogens with one attached hydrogen (secondary N) is 12. The summed E-state index contributed by atoms with van der Waals surface area (Å²) < 4.78 is 0. The largest absolute Gasteiger partial charge is 0.394 e. The van der Waals surface area contributed by atoms with E-state index in [9.17, 15) is 77.6 Å². The summed E-state index contributed by atoms with van der Waals surface area (Å²) in [7, 11) is 0. The average molecular weight is 1300 g/mol. The van der Waals surface area contributed by atoms with Crippen molar-refractivity contribution >= 4 is 111 Å². The van der Waals surface area contributed by atoms with Crippen LogP contribution in [0.4, 0.5) is 5.69 Å². The van der Waals surface area contributed by atoms with Crippen LogP contribution < -0.4 is 58.5 Å². The highest BCUT2D eigenvalue weighted by atomic mass is 32.2. The predicted molar refractivity (Wildman–Crippen MR) is 332 cm³/mol. The molecule has 3 aliphatic rings. The molecule has 2 unspecified atom stereocenters. The molecule has 6 rings (SSSR count). The Balaban J connectivity index is 1.31. The fourth-order valence-electron chi connectivity index (χ4n) is 10.6. The molecular formula is C61H83N13O17S. The van der Waals surface area contributed by atoms with Crippen molar-refractivity contribution in [3.8, 4) is 0 Å². The Kier molecular flexibility index (Phi) is 26.0. The van der Waals surface area contributed by atoms with Crippen molar-refractivity contribution in [2.75, 3.05) is 37.3 Å². The van der Waals surface area contributed by atoms with E-state index < -0.39 is 188 Å². The lowest BCUT2D eigenvalue weighted by molar-refractivity contribution is -0.147. The normalized spacial score (nSPS) is 23.7. The van der Waals surface area contributed by atoms with Gasteiger partial charge in [0, 0.05) is 73.5 Å². The molecule has 0 spiro atoms. The number of Topliss-reactive ketones (excluding diaryl/α,β-unsaturated/α-hetero) is 2. The molecule has 1 fully saturated rings. The van der Waals surface area contributed by atoms with Gasteiger partial charge >= 0.3 is 0 Å². The third-order valence-electron chi connectivity index (χ3n) is 16.4. The number of aliphatic hydroxyl groups excluding tert-OH is 3.